The van der Waals surface area contributed by atoms with Crippen molar-refractivity contribution in [3.63, 3.8) is 0 Å². The number of hydrogen-bond acceptors (Lipinski definition) is 5. The topological polar surface area (TPSA) is 60.4 Å². The molecule has 2 aromatic rings. The van der Waals surface area contributed by atoms with Crippen LogP contribution in [0.25, 0.3) is 0 Å². The maximum Gasteiger partial charge on any atom is 0.251 e. The second kappa shape index (κ2) is 9.56. The third kappa shape index (κ3) is 4.32. The minimum Gasteiger partial charge on any atom is -0.493 e. The van der Waals surface area contributed by atoms with Gasteiger partial charge in [-0.15, -0.1) is 0 Å². The molecule has 2 aromatic carbocycles. The number of allylic oxidation sites excluding steroid dienone is 2. The summed E-state index contributed by atoms with van der Waals surface area (Å²) in [4.78, 5) is 13.3. The number of methoxy groups -OCH3 is 2. The van der Waals surface area contributed by atoms with E-state index in [0.29, 0.717) is 24.5 Å². The number of hydrogen-bond donors (Lipinski definition) is 0. The molecule has 2 aliphatic rings. The Bertz CT molecular complexity index is 1000. The van der Waals surface area contributed by atoms with E-state index < -0.39 is 0 Å². The number of ether oxygens (including phenoxy) is 3. The lowest BCUT2D eigenvalue weighted by atomic mass is 9.76. The monoisotopic (exact) mass is 484 g/mol. The van der Waals surface area contributed by atoms with E-state index in [9.17, 15) is 4.79 Å². The molecule has 1 amide bonds. The van der Waals surface area contributed by atoms with Crippen LogP contribution in [0.2, 0.25) is 0 Å². The molecule has 1 aliphatic heterocycles. The van der Waals surface area contributed by atoms with Crippen LogP contribution in [0, 0.1) is 11.8 Å². The third-order valence-corrected chi connectivity index (χ3v) is 5.95. The number of carbonyl (C=O) groups is 1. The Morgan fingerprint density at radius 2 is 1.71 bits per heavy atom. The zero-order chi connectivity index (χ0) is 21.8. The van der Waals surface area contributed by atoms with E-state index in [1.54, 1.807) is 14.2 Å². The van der Waals surface area contributed by atoms with Crippen molar-refractivity contribution in [1.82, 2.24) is 0 Å². The lowest BCUT2D eigenvalue weighted by Crippen LogP contribution is -2.45. The van der Waals surface area contributed by atoms with E-state index in [4.69, 9.17) is 19.3 Å². The van der Waals surface area contributed by atoms with E-state index in [2.05, 4.69) is 28.1 Å². The van der Waals surface area contributed by atoms with Crippen LogP contribution in [-0.2, 0) is 4.79 Å². The minimum atomic E-state index is -0.144. The number of anilines is 1. The summed E-state index contributed by atoms with van der Waals surface area (Å²) in [6.07, 6.45) is 5.72. The number of carbonyl (C=O) groups excluding carboxylic acids is 1. The Balaban J connectivity index is 1.73. The fraction of sp³-hybridized carbons (Fsp3) is 0.333. The molecule has 1 heterocycles. The van der Waals surface area contributed by atoms with Gasteiger partial charge in [-0.3, -0.25) is 4.79 Å². The van der Waals surface area contributed by atoms with E-state index >= 15 is 0 Å². The summed E-state index contributed by atoms with van der Waals surface area (Å²) in [7, 11) is 3.23. The molecule has 0 spiro atoms. The summed E-state index contributed by atoms with van der Waals surface area (Å²) in [5.74, 6) is 1.98. The number of amides is 1. The van der Waals surface area contributed by atoms with E-state index in [1.807, 2.05) is 42.5 Å². The van der Waals surface area contributed by atoms with E-state index in [1.165, 1.54) is 5.01 Å². The number of benzene rings is 2. The molecule has 31 heavy (non-hydrogen) atoms. The first-order valence-corrected chi connectivity index (χ1v) is 11.4. The van der Waals surface area contributed by atoms with Gasteiger partial charge < -0.3 is 14.2 Å². The first kappa shape index (κ1) is 21.4. The lowest BCUT2D eigenvalue weighted by molar-refractivity contribution is -0.123. The maximum atomic E-state index is 13.3. The first-order chi connectivity index (χ1) is 15.2. The van der Waals surface area contributed by atoms with Gasteiger partial charge in [0.05, 0.1) is 38.1 Å². The summed E-state index contributed by atoms with van der Waals surface area (Å²) in [5.41, 5.74) is 2.54. The van der Waals surface area contributed by atoms with Gasteiger partial charge in [-0.05, 0) is 55.3 Å². The quantitative estimate of drug-likeness (QED) is 0.417. The summed E-state index contributed by atoms with van der Waals surface area (Å²) in [6, 6.07) is 13.2. The zero-order valence-electron chi connectivity index (χ0n) is 17.6. The number of alkyl halides is 1. The predicted molar refractivity (Wildman–Crippen MR) is 125 cm³/mol. The molecular formula is C24H25BrN2O4. The highest BCUT2D eigenvalue weighted by Crippen LogP contribution is 2.38. The van der Waals surface area contributed by atoms with Crippen molar-refractivity contribution in [2.45, 2.75) is 12.8 Å². The summed E-state index contributed by atoms with van der Waals surface area (Å²) < 4.78 is 16.5. The Labute approximate surface area is 190 Å². The largest absolute Gasteiger partial charge is 0.493 e. The Kier molecular flexibility index (Phi) is 6.61. The van der Waals surface area contributed by atoms with Gasteiger partial charge >= 0.3 is 0 Å². The van der Waals surface area contributed by atoms with Crippen LogP contribution in [0.15, 0.2) is 59.7 Å². The minimum absolute atomic E-state index is 0.0210. The first-order valence-electron chi connectivity index (χ1n) is 10.2. The Morgan fingerprint density at radius 1 is 1.00 bits per heavy atom. The molecule has 0 fully saturated rings. The molecular weight excluding hydrogens is 460 g/mol. The normalized spacial score (nSPS) is 20.2. The number of nitrogens with zero attached hydrogens (tertiary/aromatic N) is 2. The van der Waals surface area contributed by atoms with Crippen LogP contribution in [0.3, 0.4) is 0 Å². The van der Waals surface area contributed by atoms with Gasteiger partial charge in [0.1, 0.15) is 5.75 Å². The number of fused-ring (bicyclic) bond motifs is 1. The lowest BCUT2D eigenvalue weighted by Gasteiger charge is -2.37. The highest BCUT2D eigenvalue weighted by Gasteiger charge is 2.40. The second-order valence-corrected chi connectivity index (χ2v) is 8.19. The SMILES string of the molecule is COc1ccc(C2=NN(c3ccc(OCCBr)cc3)C(=O)[C@@H]3CC=CC[C@H]23)cc1OC. The Morgan fingerprint density at radius 3 is 2.39 bits per heavy atom. The molecule has 0 N–H and O–H groups in total. The van der Waals surface area contributed by atoms with Gasteiger partial charge in [-0.1, -0.05) is 28.1 Å². The van der Waals surface area contributed by atoms with Crippen LogP contribution in [0.1, 0.15) is 18.4 Å². The molecule has 0 bridgehead atoms. The highest BCUT2D eigenvalue weighted by atomic mass is 79.9. The molecule has 0 aromatic heterocycles. The molecule has 162 valence electrons. The number of hydrazone groups is 1. The van der Waals surface area contributed by atoms with Crippen molar-refractivity contribution < 1.29 is 19.0 Å². The van der Waals surface area contributed by atoms with Gasteiger partial charge in [0.15, 0.2) is 11.5 Å². The molecule has 2 atom stereocenters. The van der Waals surface area contributed by atoms with E-state index in [-0.39, 0.29) is 17.7 Å². The molecule has 7 heteroatoms. The standard InChI is InChI=1S/C24H25BrN2O4/c1-29-21-12-7-16(15-22(21)30-2)23-19-5-3-4-6-20(19)24(28)27(26-23)17-8-10-18(11-9-17)31-14-13-25/h3-4,7-12,15,19-20H,5-6,13-14H2,1-2H3/t19-,20+/m0/s1. The van der Waals surface area contributed by atoms with Gasteiger partial charge in [-0.25, -0.2) is 5.01 Å². The molecule has 4 rings (SSSR count). The van der Waals surface area contributed by atoms with Crippen molar-refractivity contribution in [3.8, 4) is 17.2 Å². The zero-order valence-corrected chi connectivity index (χ0v) is 19.2. The maximum absolute atomic E-state index is 13.3. The average Bonchev–Trinajstić information content (AvgIpc) is 2.83. The van der Waals surface area contributed by atoms with Gasteiger partial charge in [0.25, 0.3) is 5.91 Å². The molecule has 0 unspecified atom stereocenters. The fourth-order valence-corrected chi connectivity index (χ4v) is 4.23. The van der Waals surface area contributed by atoms with E-state index in [0.717, 1.165) is 34.5 Å². The number of halogens is 1. The van der Waals surface area contributed by atoms with Crippen molar-refractivity contribution in [2.24, 2.45) is 16.9 Å². The predicted octanol–water partition coefficient (Wildman–Crippen LogP) is 4.81. The van der Waals surface area contributed by atoms with Crippen molar-refractivity contribution >= 4 is 33.2 Å². The highest BCUT2D eigenvalue weighted by molar-refractivity contribution is 9.09. The van der Waals surface area contributed by atoms with Gasteiger partial charge in [0.2, 0.25) is 0 Å². The van der Waals surface area contributed by atoms with Crippen molar-refractivity contribution in [1.29, 1.82) is 0 Å². The summed E-state index contributed by atoms with van der Waals surface area (Å²) >= 11 is 3.35. The van der Waals surface area contributed by atoms with Crippen LogP contribution in [-0.4, -0.2) is 37.8 Å². The molecule has 1 aliphatic carbocycles. The van der Waals surface area contributed by atoms with Crippen LogP contribution in [0.5, 0.6) is 17.2 Å². The van der Waals surface area contributed by atoms with Crippen molar-refractivity contribution in [3.05, 3.63) is 60.2 Å². The molecule has 0 saturated heterocycles. The van der Waals surface area contributed by atoms with Gasteiger partial charge in [0, 0.05) is 16.8 Å². The summed E-state index contributed by atoms with van der Waals surface area (Å²) in [5, 5.41) is 7.12. The third-order valence-electron chi connectivity index (χ3n) is 5.62. The number of rotatable bonds is 7. The smallest absolute Gasteiger partial charge is 0.251 e. The Hall–Kier alpha value is -2.80. The average molecular weight is 485 g/mol. The molecule has 6 nitrogen and oxygen atoms in total. The molecule has 0 radical (unpaired) electrons. The van der Waals surface area contributed by atoms with Crippen molar-refractivity contribution in [2.75, 3.05) is 31.2 Å². The second-order valence-electron chi connectivity index (χ2n) is 7.39. The van der Waals surface area contributed by atoms with Crippen LogP contribution in [0.4, 0.5) is 5.69 Å². The van der Waals surface area contributed by atoms with Crippen LogP contribution >= 0.6 is 15.9 Å². The van der Waals surface area contributed by atoms with Crippen LogP contribution < -0.4 is 19.2 Å². The fourth-order valence-electron chi connectivity index (χ4n) is 4.07. The molecule has 0 saturated carbocycles. The van der Waals surface area contributed by atoms with Gasteiger partial charge in [-0.2, -0.15) is 5.10 Å². The summed E-state index contributed by atoms with van der Waals surface area (Å²) in [6.45, 7) is 0.583.